The standard InChI is InChI=1S/C51H64N2O9S/c1-5-25-60-51-46(53(49(56)35-18-19-35)32-34-17-21-44-45(28-34)59-33-58-44)31-42(52-62-50(2,3)4)40-29-36(13-9-11-23-54)39(16-10-12-24-55)47(48(40)51)41-30-37(20-22-43(41)61-51)57-26-27-63-38-14-7-6-8-15-38/h5-8,14-15,17,20-22,28-30,35-36,39,46-48,54-55H,1,9-13,16,18-19,23-27,31-33H2,2-4H3. The maximum atomic E-state index is 14.9. The lowest BCUT2D eigenvalue weighted by molar-refractivity contribution is -0.258. The second kappa shape index (κ2) is 20.1. The summed E-state index contributed by atoms with van der Waals surface area (Å²) in [4.78, 5) is 24.4. The van der Waals surface area contributed by atoms with Crippen molar-refractivity contribution < 1.29 is 43.5 Å². The van der Waals surface area contributed by atoms with E-state index in [9.17, 15) is 15.0 Å². The van der Waals surface area contributed by atoms with Gasteiger partial charge in [-0.1, -0.05) is 54.4 Å². The Kier molecular flexibility index (Phi) is 14.4. The highest BCUT2D eigenvalue weighted by Crippen LogP contribution is 2.62. The van der Waals surface area contributed by atoms with E-state index in [4.69, 9.17) is 33.7 Å². The normalized spacial score (nSPS) is 25.1. The number of rotatable bonds is 21. The molecular formula is C51H64N2O9S. The van der Waals surface area contributed by atoms with Crippen LogP contribution in [0, 0.1) is 23.7 Å². The molecule has 3 aromatic carbocycles. The SMILES string of the molecule is C=CCOC12Oc3ccc(OCCSc4ccccc4)cc3C3C(CCCCO)C(CCCCO)C=C(C(=NOC(C)(C)C)CC1N(Cc1ccc4c(c1)OCO4)C(=O)C1CC1)C32. The third-order valence-corrected chi connectivity index (χ3v) is 13.8. The minimum absolute atomic E-state index is 0.0583. The van der Waals surface area contributed by atoms with Gasteiger partial charge < -0.3 is 43.6 Å². The highest BCUT2D eigenvalue weighted by Gasteiger charge is 2.66. The number of aliphatic hydroxyl groups is 2. The topological polar surface area (TPSA) is 129 Å². The Morgan fingerprint density at radius 1 is 0.968 bits per heavy atom. The summed E-state index contributed by atoms with van der Waals surface area (Å²) in [5.41, 5.74) is 3.16. The number of nitrogens with zero attached hydrogens (tertiary/aromatic N) is 2. The molecule has 2 N–H and O–H groups in total. The highest BCUT2D eigenvalue weighted by molar-refractivity contribution is 7.99. The van der Waals surface area contributed by atoms with Crippen molar-refractivity contribution in [3.63, 3.8) is 0 Å². The van der Waals surface area contributed by atoms with Gasteiger partial charge in [0.2, 0.25) is 18.5 Å². The van der Waals surface area contributed by atoms with E-state index >= 15 is 0 Å². The summed E-state index contributed by atoms with van der Waals surface area (Å²) < 4.78 is 32.7. The first kappa shape index (κ1) is 45.1. The molecule has 6 unspecified atom stereocenters. The van der Waals surface area contributed by atoms with E-state index < -0.39 is 23.3 Å². The molecule has 11 nitrogen and oxygen atoms in total. The third-order valence-electron chi connectivity index (χ3n) is 12.8. The van der Waals surface area contributed by atoms with E-state index in [1.807, 2.05) is 74.2 Å². The van der Waals surface area contributed by atoms with Crippen LogP contribution in [0.25, 0.3) is 0 Å². The molecule has 0 radical (unpaired) electrons. The van der Waals surface area contributed by atoms with E-state index in [-0.39, 0.29) is 56.2 Å². The van der Waals surface area contributed by atoms with Gasteiger partial charge >= 0.3 is 0 Å². The molecule has 0 aromatic heterocycles. The lowest BCUT2D eigenvalue weighted by atomic mass is 9.55. The number of benzene rings is 3. The summed E-state index contributed by atoms with van der Waals surface area (Å²) >= 11 is 1.76. The van der Waals surface area contributed by atoms with Gasteiger partial charge in [0.05, 0.1) is 24.8 Å². The summed E-state index contributed by atoms with van der Waals surface area (Å²) in [5, 5.41) is 25.0. The zero-order valence-corrected chi connectivity index (χ0v) is 37.9. The number of hydrogen-bond acceptors (Lipinski definition) is 11. The first-order chi connectivity index (χ1) is 30.6. The molecule has 3 aliphatic carbocycles. The minimum atomic E-state index is -1.35. The summed E-state index contributed by atoms with van der Waals surface area (Å²) in [7, 11) is 0. The van der Waals surface area contributed by atoms with Crippen LogP contribution in [-0.4, -0.2) is 83.1 Å². The Labute approximate surface area is 376 Å². The van der Waals surface area contributed by atoms with Gasteiger partial charge in [-0.3, -0.25) is 4.79 Å². The number of amides is 1. The van der Waals surface area contributed by atoms with Gasteiger partial charge in [-0.15, -0.1) is 18.3 Å². The van der Waals surface area contributed by atoms with Crippen LogP contribution in [0.2, 0.25) is 0 Å². The molecule has 3 aromatic rings. The van der Waals surface area contributed by atoms with Crippen molar-refractivity contribution in [2.24, 2.45) is 28.8 Å². The van der Waals surface area contributed by atoms with Crippen molar-refractivity contribution in [2.75, 3.05) is 39.0 Å². The van der Waals surface area contributed by atoms with E-state index in [1.165, 1.54) is 4.90 Å². The third kappa shape index (κ3) is 10.2. The van der Waals surface area contributed by atoms with Crippen molar-refractivity contribution in [1.29, 1.82) is 0 Å². The molecule has 8 rings (SSSR count). The van der Waals surface area contributed by atoms with Gasteiger partial charge in [0.1, 0.15) is 23.1 Å². The van der Waals surface area contributed by atoms with E-state index in [2.05, 4.69) is 30.9 Å². The number of fused-ring (bicyclic) bond motifs is 3. The summed E-state index contributed by atoms with van der Waals surface area (Å²) in [6.45, 7) is 11.5. The Hall–Kier alpha value is -4.49. The maximum Gasteiger partial charge on any atom is 0.239 e. The number of carbonyl (C=O) groups excluding carboxylic acids is 1. The second-order valence-electron chi connectivity index (χ2n) is 18.4. The molecule has 5 aliphatic rings. The van der Waals surface area contributed by atoms with Gasteiger partial charge in [-0.25, -0.2) is 0 Å². The monoisotopic (exact) mass is 880 g/mol. The van der Waals surface area contributed by atoms with Crippen molar-refractivity contribution in [2.45, 2.75) is 113 Å². The number of allylic oxidation sites excluding steroid dienone is 1. The first-order valence-electron chi connectivity index (χ1n) is 22.9. The number of hydrogen-bond donors (Lipinski definition) is 2. The Morgan fingerprint density at radius 3 is 2.48 bits per heavy atom. The van der Waals surface area contributed by atoms with Crippen molar-refractivity contribution in [3.8, 4) is 23.0 Å². The Bertz CT molecular complexity index is 2120. The van der Waals surface area contributed by atoms with E-state index in [0.29, 0.717) is 49.7 Å². The Morgan fingerprint density at radius 2 is 1.73 bits per heavy atom. The van der Waals surface area contributed by atoms with Crippen molar-refractivity contribution >= 4 is 23.4 Å². The molecular weight excluding hydrogens is 817 g/mol. The molecule has 2 saturated carbocycles. The van der Waals surface area contributed by atoms with Crippen LogP contribution in [0.5, 0.6) is 23.0 Å². The first-order valence-corrected chi connectivity index (χ1v) is 23.9. The van der Waals surface area contributed by atoms with Crippen molar-refractivity contribution in [3.05, 3.63) is 102 Å². The number of carbonyl (C=O) groups is 1. The van der Waals surface area contributed by atoms with Crippen LogP contribution in [0.15, 0.2) is 101 Å². The minimum Gasteiger partial charge on any atom is -0.493 e. The van der Waals surface area contributed by atoms with Crippen LogP contribution in [0.3, 0.4) is 0 Å². The molecule has 338 valence electrons. The summed E-state index contributed by atoms with van der Waals surface area (Å²) in [5.74, 6) is 1.87. The lowest BCUT2D eigenvalue weighted by Gasteiger charge is -2.60. The van der Waals surface area contributed by atoms with Crippen LogP contribution in [0.4, 0.5) is 0 Å². The predicted octanol–water partition coefficient (Wildman–Crippen LogP) is 9.46. The van der Waals surface area contributed by atoms with E-state index in [0.717, 1.165) is 72.4 Å². The number of thioether (sulfide) groups is 1. The predicted molar refractivity (Wildman–Crippen MR) is 244 cm³/mol. The zero-order chi connectivity index (χ0) is 44.0. The molecule has 0 spiro atoms. The fourth-order valence-electron chi connectivity index (χ4n) is 9.91. The molecule has 0 bridgehead atoms. The van der Waals surface area contributed by atoms with Crippen LogP contribution < -0.4 is 18.9 Å². The Balaban J connectivity index is 1.28. The largest absolute Gasteiger partial charge is 0.493 e. The number of aliphatic hydroxyl groups excluding tert-OH is 2. The molecule has 63 heavy (non-hydrogen) atoms. The molecule has 0 saturated heterocycles. The van der Waals surface area contributed by atoms with Gasteiger partial charge in [-0.2, -0.15) is 0 Å². The van der Waals surface area contributed by atoms with Crippen LogP contribution in [-0.2, 0) is 20.9 Å². The summed E-state index contributed by atoms with van der Waals surface area (Å²) in [6.07, 6.45) is 10.9. The fourth-order valence-corrected chi connectivity index (χ4v) is 10.7. The van der Waals surface area contributed by atoms with Crippen molar-refractivity contribution in [1.82, 2.24) is 4.90 Å². The number of oxime groups is 1. The zero-order valence-electron chi connectivity index (χ0n) is 37.0. The van der Waals surface area contributed by atoms with E-state index in [1.54, 1.807) is 17.8 Å². The van der Waals surface area contributed by atoms with Gasteiger partial charge in [0.15, 0.2) is 11.5 Å². The smallest absolute Gasteiger partial charge is 0.239 e. The fraction of sp³-hybridized carbons (Fsp3) is 0.529. The summed E-state index contributed by atoms with van der Waals surface area (Å²) in [6, 6.07) is 21.7. The number of ether oxygens (including phenoxy) is 5. The quantitative estimate of drug-likeness (QED) is 0.0462. The maximum absolute atomic E-state index is 14.9. The van der Waals surface area contributed by atoms with Crippen LogP contribution >= 0.6 is 11.8 Å². The highest BCUT2D eigenvalue weighted by atomic mass is 32.2. The molecule has 12 heteroatoms. The molecule has 2 fully saturated rings. The lowest BCUT2D eigenvalue weighted by Crippen LogP contribution is -2.70. The average molecular weight is 881 g/mol. The van der Waals surface area contributed by atoms with Gasteiger partial charge in [-0.05, 0) is 125 Å². The molecule has 1 amide bonds. The van der Waals surface area contributed by atoms with Crippen LogP contribution in [0.1, 0.15) is 95.6 Å². The van der Waals surface area contributed by atoms with Gasteiger partial charge in [0.25, 0.3) is 0 Å². The molecule has 6 atom stereocenters. The second-order valence-corrected chi connectivity index (χ2v) is 19.6. The molecule has 2 heterocycles. The van der Waals surface area contributed by atoms with Gasteiger partial charge in [0, 0.05) is 54.2 Å². The number of unbranched alkanes of at least 4 members (excludes halogenated alkanes) is 2. The molecule has 2 aliphatic heterocycles. The average Bonchev–Trinajstić information content (AvgIpc) is 4.03.